The number of nitrogens with two attached hydrogens (primary N) is 1. The average molecular weight is 267 g/mol. The zero-order valence-corrected chi connectivity index (χ0v) is 11.3. The molecule has 1 aliphatic rings. The fraction of sp³-hybridized carbons (Fsp3) is 0.500. The smallest absolute Gasteiger partial charge is 0.123 e. The van der Waals surface area contributed by atoms with E-state index in [-0.39, 0.29) is 11.7 Å². The molecule has 18 heavy (non-hydrogen) atoms. The van der Waals surface area contributed by atoms with Crippen LogP contribution in [0.2, 0.25) is 0 Å². The Balaban J connectivity index is 2.40. The molecule has 0 amide bonds. The summed E-state index contributed by atoms with van der Waals surface area (Å²) >= 11 is 5.19. The number of benzene rings is 1. The van der Waals surface area contributed by atoms with Crippen LogP contribution in [0.25, 0.3) is 0 Å². The highest BCUT2D eigenvalue weighted by Gasteiger charge is 2.30. The summed E-state index contributed by atoms with van der Waals surface area (Å²) in [6, 6.07) is 4.54. The predicted octanol–water partition coefficient (Wildman–Crippen LogP) is 3.39. The van der Waals surface area contributed by atoms with Crippen molar-refractivity contribution in [2.75, 3.05) is 7.11 Å². The molecule has 0 bridgehead atoms. The van der Waals surface area contributed by atoms with E-state index in [1.54, 1.807) is 13.2 Å². The number of rotatable bonds is 4. The van der Waals surface area contributed by atoms with Gasteiger partial charge in [-0.25, -0.2) is 4.39 Å². The van der Waals surface area contributed by atoms with Crippen LogP contribution < -0.4 is 10.5 Å². The number of hydrogen-bond donors (Lipinski definition) is 1. The SMILES string of the molecule is COc1ccc(F)cc1C(C(N)=S)C1CCCC1. The molecular weight excluding hydrogens is 249 g/mol. The van der Waals surface area contributed by atoms with E-state index >= 15 is 0 Å². The van der Waals surface area contributed by atoms with Crippen molar-refractivity contribution in [3.05, 3.63) is 29.6 Å². The third-order valence-corrected chi connectivity index (χ3v) is 3.96. The van der Waals surface area contributed by atoms with Crippen molar-refractivity contribution in [3.63, 3.8) is 0 Å². The molecule has 1 aliphatic carbocycles. The molecule has 1 aromatic rings. The number of halogens is 1. The molecule has 2 rings (SSSR count). The zero-order valence-electron chi connectivity index (χ0n) is 10.5. The molecule has 0 heterocycles. The minimum Gasteiger partial charge on any atom is -0.496 e. The molecule has 0 radical (unpaired) electrons. The molecule has 1 fully saturated rings. The zero-order chi connectivity index (χ0) is 13.1. The van der Waals surface area contributed by atoms with E-state index in [4.69, 9.17) is 22.7 Å². The van der Waals surface area contributed by atoms with Crippen molar-refractivity contribution in [1.82, 2.24) is 0 Å². The standard InChI is InChI=1S/C14H18FNOS/c1-17-12-7-6-10(15)8-11(12)13(14(16)18)9-4-2-3-5-9/h6-9,13H,2-5H2,1H3,(H2,16,18). The van der Waals surface area contributed by atoms with Crippen LogP contribution in [0.15, 0.2) is 18.2 Å². The van der Waals surface area contributed by atoms with Crippen LogP contribution in [0.3, 0.4) is 0 Å². The maximum Gasteiger partial charge on any atom is 0.123 e. The van der Waals surface area contributed by atoms with Gasteiger partial charge < -0.3 is 10.5 Å². The van der Waals surface area contributed by atoms with Crippen molar-refractivity contribution < 1.29 is 9.13 Å². The summed E-state index contributed by atoms with van der Waals surface area (Å²) in [4.78, 5) is 0.436. The Kier molecular flexibility index (Phi) is 4.17. The Morgan fingerprint density at radius 3 is 2.67 bits per heavy atom. The second-order valence-electron chi connectivity index (χ2n) is 4.81. The summed E-state index contributed by atoms with van der Waals surface area (Å²) in [7, 11) is 1.59. The molecule has 1 unspecified atom stereocenters. The van der Waals surface area contributed by atoms with Crippen molar-refractivity contribution in [1.29, 1.82) is 0 Å². The van der Waals surface area contributed by atoms with E-state index in [2.05, 4.69) is 0 Å². The summed E-state index contributed by atoms with van der Waals surface area (Å²) in [5.74, 6) is 0.734. The van der Waals surface area contributed by atoms with E-state index in [0.29, 0.717) is 16.7 Å². The number of ether oxygens (including phenoxy) is 1. The molecule has 2 nitrogen and oxygen atoms in total. The van der Waals surface area contributed by atoms with Gasteiger partial charge >= 0.3 is 0 Å². The quantitative estimate of drug-likeness (QED) is 0.849. The van der Waals surface area contributed by atoms with Gasteiger partial charge in [-0.15, -0.1) is 0 Å². The van der Waals surface area contributed by atoms with Crippen LogP contribution in [0.1, 0.15) is 37.2 Å². The Bertz CT molecular complexity index is 443. The summed E-state index contributed by atoms with van der Waals surface area (Å²) in [6.45, 7) is 0. The molecule has 1 atom stereocenters. The monoisotopic (exact) mass is 267 g/mol. The minimum absolute atomic E-state index is 0.0758. The highest BCUT2D eigenvalue weighted by atomic mass is 32.1. The van der Waals surface area contributed by atoms with Crippen LogP contribution in [-0.2, 0) is 0 Å². The van der Waals surface area contributed by atoms with Crippen LogP contribution in [0.4, 0.5) is 4.39 Å². The Morgan fingerprint density at radius 2 is 2.11 bits per heavy atom. The lowest BCUT2D eigenvalue weighted by Gasteiger charge is -2.24. The normalized spacial score (nSPS) is 17.7. The highest BCUT2D eigenvalue weighted by Crippen LogP contribution is 2.40. The molecule has 1 saturated carbocycles. The third-order valence-electron chi connectivity index (χ3n) is 3.70. The van der Waals surface area contributed by atoms with Crippen molar-refractivity contribution in [2.45, 2.75) is 31.6 Å². The number of thiocarbonyl (C=S) groups is 1. The Morgan fingerprint density at radius 1 is 1.44 bits per heavy atom. The summed E-state index contributed by atoms with van der Waals surface area (Å²) in [5, 5.41) is 0. The molecule has 1 aromatic carbocycles. The van der Waals surface area contributed by atoms with E-state index < -0.39 is 0 Å². The van der Waals surface area contributed by atoms with Gasteiger partial charge in [0.05, 0.1) is 12.1 Å². The number of methoxy groups -OCH3 is 1. The fourth-order valence-electron chi connectivity index (χ4n) is 2.88. The predicted molar refractivity (Wildman–Crippen MR) is 74.4 cm³/mol. The number of hydrogen-bond acceptors (Lipinski definition) is 2. The first-order valence-corrected chi connectivity index (χ1v) is 6.67. The van der Waals surface area contributed by atoms with Gasteiger partial charge in [-0.1, -0.05) is 25.1 Å². The maximum absolute atomic E-state index is 13.5. The van der Waals surface area contributed by atoms with Gasteiger partial charge in [-0.05, 0) is 37.0 Å². The topological polar surface area (TPSA) is 35.2 Å². The Labute approximate surface area is 112 Å². The molecule has 0 aliphatic heterocycles. The second-order valence-corrected chi connectivity index (χ2v) is 5.28. The van der Waals surface area contributed by atoms with Crippen LogP contribution in [0.5, 0.6) is 5.75 Å². The summed E-state index contributed by atoms with van der Waals surface area (Å²) < 4.78 is 18.8. The first-order valence-electron chi connectivity index (χ1n) is 6.26. The molecule has 0 aromatic heterocycles. The first kappa shape index (κ1) is 13.3. The van der Waals surface area contributed by atoms with Crippen molar-refractivity contribution >= 4 is 17.2 Å². The largest absolute Gasteiger partial charge is 0.496 e. The lowest BCUT2D eigenvalue weighted by atomic mass is 9.84. The van der Waals surface area contributed by atoms with E-state index in [9.17, 15) is 4.39 Å². The maximum atomic E-state index is 13.5. The van der Waals surface area contributed by atoms with Crippen molar-refractivity contribution in [3.8, 4) is 5.75 Å². The van der Waals surface area contributed by atoms with Gasteiger partial charge in [0.1, 0.15) is 11.6 Å². The fourth-order valence-corrected chi connectivity index (χ4v) is 3.20. The summed E-state index contributed by atoms with van der Waals surface area (Å²) in [5.41, 5.74) is 6.66. The van der Waals surface area contributed by atoms with E-state index in [0.717, 1.165) is 18.4 Å². The molecule has 4 heteroatoms. The minimum atomic E-state index is -0.273. The van der Waals surface area contributed by atoms with Gasteiger partial charge in [0.2, 0.25) is 0 Å². The highest BCUT2D eigenvalue weighted by molar-refractivity contribution is 7.80. The average Bonchev–Trinajstić information content (AvgIpc) is 2.83. The van der Waals surface area contributed by atoms with E-state index in [1.807, 2.05) is 0 Å². The lowest BCUT2D eigenvalue weighted by molar-refractivity contribution is 0.399. The third kappa shape index (κ3) is 2.64. The van der Waals surface area contributed by atoms with Gasteiger partial charge in [0.15, 0.2) is 0 Å². The van der Waals surface area contributed by atoms with Crippen molar-refractivity contribution in [2.24, 2.45) is 11.7 Å². The van der Waals surface area contributed by atoms with Crippen LogP contribution >= 0.6 is 12.2 Å². The first-order chi connectivity index (χ1) is 8.63. The molecular formula is C14H18FNOS. The summed E-state index contributed by atoms with van der Waals surface area (Å²) in [6.07, 6.45) is 4.59. The molecule has 0 spiro atoms. The second kappa shape index (κ2) is 5.65. The van der Waals surface area contributed by atoms with Gasteiger partial charge in [0, 0.05) is 11.5 Å². The van der Waals surface area contributed by atoms with Gasteiger partial charge in [-0.3, -0.25) is 0 Å². The molecule has 2 N–H and O–H groups in total. The van der Waals surface area contributed by atoms with Gasteiger partial charge in [-0.2, -0.15) is 0 Å². The molecule has 98 valence electrons. The Hall–Kier alpha value is -1.16. The van der Waals surface area contributed by atoms with Crippen LogP contribution in [-0.4, -0.2) is 12.1 Å². The van der Waals surface area contributed by atoms with Gasteiger partial charge in [0.25, 0.3) is 0 Å². The van der Waals surface area contributed by atoms with E-state index in [1.165, 1.54) is 25.0 Å². The lowest BCUT2D eigenvalue weighted by Crippen LogP contribution is -2.25. The van der Waals surface area contributed by atoms with Crippen LogP contribution in [0, 0.1) is 11.7 Å². The molecule has 0 saturated heterocycles.